The number of ether oxygens (including phenoxy) is 1. The fraction of sp³-hybridized carbons (Fsp3) is 0.583. The van der Waals surface area contributed by atoms with E-state index in [-0.39, 0.29) is 23.4 Å². The van der Waals surface area contributed by atoms with E-state index >= 15 is 0 Å². The van der Waals surface area contributed by atoms with Gasteiger partial charge >= 0.3 is 11.7 Å². The van der Waals surface area contributed by atoms with Crippen molar-refractivity contribution in [3.05, 3.63) is 16.4 Å². The maximum absolute atomic E-state index is 11.1. The molecule has 2 rings (SSSR count). The zero-order valence-electron chi connectivity index (χ0n) is 11.5. The molecule has 1 heterocycles. The van der Waals surface area contributed by atoms with Gasteiger partial charge in [0.25, 0.3) is 5.88 Å². The normalized spacial score (nSPS) is 21.6. The number of nitro groups is 1. The molecule has 0 saturated heterocycles. The summed E-state index contributed by atoms with van der Waals surface area (Å²) in [5.74, 6) is -1.33. The van der Waals surface area contributed by atoms with E-state index in [4.69, 9.17) is 9.84 Å². The lowest BCUT2D eigenvalue weighted by Crippen LogP contribution is -2.31. The molecule has 0 radical (unpaired) electrons. The van der Waals surface area contributed by atoms with Gasteiger partial charge in [0.1, 0.15) is 6.33 Å². The summed E-state index contributed by atoms with van der Waals surface area (Å²) in [6.07, 6.45) is 3.71. The fourth-order valence-corrected chi connectivity index (χ4v) is 2.52. The highest BCUT2D eigenvalue weighted by Crippen LogP contribution is 2.33. The van der Waals surface area contributed by atoms with E-state index in [0.717, 1.165) is 12.8 Å². The average molecular weight is 296 g/mol. The molecule has 1 aromatic heterocycles. The van der Waals surface area contributed by atoms with E-state index in [9.17, 15) is 14.9 Å². The number of aromatic nitrogens is 2. The Morgan fingerprint density at radius 2 is 2.29 bits per heavy atom. The van der Waals surface area contributed by atoms with Crippen molar-refractivity contribution < 1.29 is 19.6 Å². The van der Waals surface area contributed by atoms with Crippen molar-refractivity contribution >= 4 is 17.5 Å². The van der Waals surface area contributed by atoms with Crippen molar-refractivity contribution in [3.8, 4) is 5.88 Å². The van der Waals surface area contributed by atoms with Crippen LogP contribution in [0, 0.1) is 16.0 Å². The van der Waals surface area contributed by atoms with Crippen LogP contribution in [0.2, 0.25) is 0 Å². The summed E-state index contributed by atoms with van der Waals surface area (Å²) in [6.45, 7) is 0. The fourth-order valence-electron chi connectivity index (χ4n) is 2.52. The molecule has 0 spiro atoms. The minimum atomic E-state index is -0.837. The lowest BCUT2D eigenvalue weighted by Gasteiger charge is -2.27. The van der Waals surface area contributed by atoms with Crippen LogP contribution in [0.15, 0.2) is 6.33 Å². The lowest BCUT2D eigenvalue weighted by atomic mass is 9.86. The van der Waals surface area contributed by atoms with Crippen LogP contribution in [0.1, 0.15) is 25.7 Å². The molecule has 1 aliphatic carbocycles. The van der Waals surface area contributed by atoms with Crippen LogP contribution < -0.4 is 10.1 Å². The Morgan fingerprint density at radius 3 is 2.90 bits per heavy atom. The van der Waals surface area contributed by atoms with Crippen molar-refractivity contribution in [2.45, 2.75) is 31.7 Å². The molecule has 1 aliphatic rings. The topological polar surface area (TPSA) is 127 Å². The Labute approximate surface area is 120 Å². The van der Waals surface area contributed by atoms with Crippen LogP contribution in [0.4, 0.5) is 11.5 Å². The van der Waals surface area contributed by atoms with E-state index in [2.05, 4.69) is 15.3 Å². The number of carbonyl (C=O) groups is 1. The van der Waals surface area contributed by atoms with Gasteiger partial charge in [-0.05, 0) is 19.3 Å². The van der Waals surface area contributed by atoms with Crippen LogP contribution >= 0.6 is 0 Å². The largest absolute Gasteiger partial charge is 0.481 e. The first-order valence-electron chi connectivity index (χ1n) is 6.55. The second-order valence-corrected chi connectivity index (χ2v) is 4.88. The molecule has 0 aromatic carbocycles. The van der Waals surface area contributed by atoms with E-state index < -0.39 is 16.8 Å². The molecule has 9 nitrogen and oxygen atoms in total. The quantitative estimate of drug-likeness (QED) is 0.617. The Kier molecular flexibility index (Phi) is 4.51. The number of anilines is 1. The van der Waals surface area contributed by atoms with Gasteiger partial charge in [-0.2, -0.15) is 4.98 Å². The second kappa shape index (κ2) is 6.33. The number of nitrogens with one attached hydrogen (secondary N) is 1. The molecule has 2 N–H and O–H groups in total. The highest BCUT2D eigenvalue weighted by Gasteiger charge is 2.30. The number of methoxy groups -OCH3 is 1. The smallest absolute Gasteiger partial charge is 0.372 e. The number of aliphatic carboxylic acids is 1. The van der Waals surface area contributed by atoms with E-state index in [1.54, 1.807) is 0 Å². The highest BCUT2D eigenvalue weighted by molar-refractivity contribution is 5.70. The first-order valence-corrected chi connectivity index (χ1v) is 6.55. The monoisotopic (exact) mass is 296 g/mol. The molecule has 9 heteroatoms. The van der Waals surface area contributed by atoms with Crippen LogP contribution in [0.5, 0.6) is 5.88 Å². The lowest BCUT2D eigenvalue weighted by molar-refractivity contribution is -0.385. The third-order valence-corrected chi connectivity index (χ3v) is 3.53. The number of carboxylic acid groups (broad SMARTS) is 1. The first-order chi connectivity index (χ1) is 10.0. The summed E-state index contributed by atoms with van der Waals surface area (Å²) in [5, 5.41) is 23.1. The van der Waals surface area contributed by atoms with Crippen molar-refractivity contribution in [3.63, 3.8) is 0 Å². The maximum Gasteiger partial charge on any atom is 0.372 e. The van der Waals surface area contributed by atoms with Crippen LogP contribution in [0.3, 0.4) is 0 Å². The van der Waals surface area contributed by atoms with Crippen LogP contribution in [-0.2, 0) is 4.79 Å². The summed E-state index contributed by atoms with van der Waals surface area (Å²) in [7, 11) is 1.29. The van der Waals surface area contributed by atoms with Crippen LogP contribution in [-0.4, -0.2) is 39.1 Å². The minimum absolute atomic E-state index is 0.0582. The van der Waals surface area contributed by atoms with E-state index in [0.29, 0.717) is 12.8 Å². The molecule has 114 valence electrons. The molecular weight excluding hydrogens is 280 g/mol. The van der Waals surface area contributed by atoms with Crippen molar-refractivity contribution in [1.82, 2.24) is 9.97 Å². The van der Waals surface area contributed by atoms with Gasteiger partial charge in [0.05, 0.1) is 18.0 Å². The Morgan fingerprint density at radius 1 is 1.52 bits per heavy atom. The summed E-state index contributed by atoms with van der Waals surface area (Å²) < 4.78 is 4.87. The Hall–Kier alpha value is -2.45. The predicted molar refractivity (Wildman–Crippen MR) is 72.2 cm³/mol. The van der Waals surface area contributed by atoms with E-state index in [1.165, 1.54) is 13.4 Å². The molecule has 1 aromatic rings. The van der Waals surface area contributed by atoms with Gasteiger partial charge in [0, 0.05) is 6.04 Å². The standard InChI is InChI=1S/C12H16N4O5/c1-21-11-9(16(19)20)10(13-6-14-11)15-8-4-2-3-7(5-8)12(17)18/h6-8H,2-5H2,1H3,(H,17,18)(H,13,14,15). The number of rotatable bonds is 5. The molecule has 0 amide bonds. The van der Waals surface area contributed by atoms with Gasteiger partial charge in [-0.1, -0.05) is 6.42 Å². The third kappa shape index (κ3) is 3.36. The van der Waals surface area contributed by atoms with E-state index in [1.807, 2.05) is 0 Å². The number of nitrogens with zero attached hydrogens (tertiary/aromatic N) is 3. The molecule has 0 aliphatic heterocycles. The molecule has 1 fully saturated rings. The first kappa shape index (κ1) is 14.9. The molecule has 2 unspecified atom stereocenters. The number of hydrogen-bond acceptors (Lipinski definition) is 7. The summed E-state index contributed by atoms with van der Waals surface area (Å²) in [6, 6.07) is -0.168. The van der Waals surface area contributed by atoms with Gasteiger partial charge in [-0.15, -0.1) is 0 Å². The zero-order valence-corrected chi connectivity index (χ0v) is 11.5. The zero-order chi connectivity index (χ0) is 15.4. The van der Waals surface area contributed by atoms with Gasteiger partial charge in [-0.3, -0.25) is 14.9 Å². The van der Waals surface area contributed by atoms with Crippen molar-refractivity contribution in [2.75, 3.05) is 12.4 Å². The third-order valence-electron chi connectivity index (χ3n) is 3.53. The SMILES string of the molecule is COc1ncnc(NC2CCCC(C(=O)O)C2)c1[N+](=O)[O-]. The van der Waals surface area contributed by atoms with Crippen molar-refractivity contribution in [1.29, 1.82) is 0 Å². The molecule has 0 bridgehead atoms. The Bertz CT molecular complexity index is 550. The molecule has 1 saturated carbocycles. The van der Waals surface area contributed by atoms with Gasteiger partial charge in [0.15, 0.2) is 0 Å². The number of hydrogen-bond donors (Lipinski definition) is 2. The van der Waals surface area contributed by atoms with Crippen molar-refractivity contribution in [2.24, 2.45) is 5.92 Å². The number of carboxylic acids is 1. The summed E-state index contributed by atoms with van der Waals surface area (Å²) >= 11 is 0. The molecule has 2 atom stereocenters. The molecule has 21 heavy (non-hydrogen) atoms. The van der Waals surface area contributed by atoms with Crippen LogP contribution in [0.25, 0.3) is 0 Å². The highest BCUT2D eigenvalue weighted by atomic mass is 16.6. The minimum Gasteiger partial charge on any atom is -0.481 e. The molecular formula is C12H16N4O5. The summed E-state index contributed by atoms with van der Waals surface area (Å²) in [5.41, 5.74) is -0.336. The maximum atomic E-state index is 11.1. The van der Waals surface area contributed by atoms with Gasteiger partial charge < -0.3 is 15.2 Å². The van der Waals surface area contributed by atoms with Gasteiger partial charge in [0.2, 0.25) is 5.82 Å². The average Bonchev–Trinajstić information content (AvgIpc) is 2.46. The Balaban J connectivity index is 2.19. The summed E-state index contributed by atoms with van der Waals surface area (Å²) in [4.78, 5) is 29.1. The van der Waals surface area contributed by atoms with Gasteiger partial charge in [-0.25, -0.2) is 4.98 Å². The predicted octanol–water partition coefficient (Wildman–Crippen LogP) is 1.45. The second-order valence-electron chi connectivity index (χ2n) is 4.88.